The Hall–Kier alpha value is -1.18. The van der Waals surface area contributed by atoms with Gasteiger partial charge in [-0.15, -0.1) is 35.3 Å². The third-order valence-electron chi connectivity index (χ3n) is 4.89. The molecule has 3 rings (SSSR count). The van der Waals surface area contributed by atoms with Crippen LogP contribution in [0.25, 0.3) is 0 Å². The number of rotatable bonds is 7. The molecule has 1 saturated heterocycles. The maximum Gasteiger partial charge on any atom is 0.250 e. The highest BCUT2D eigenvalue weighted by molar-refractivity contribution is 14.0. The standard InChI is InChI=1S/C18H28N6O2S2.HI/c1-3-20-18(21-7-8-22-28(25,26)17-5-4-12-27-17)23-10-6-15(2)16(13-23)24-11-9-19-14-24;/h4-5,9,11-12,14-16,22H,3,6-8,10,13H2,1-2H3,(H,20,21);1H. The molecule has 2 aromatic rings. The van der Waals surface area contributed by atoms with Gasteiger partial charge < -0.3 is 14.8 Å². The second-order valence-corrected chi connectivity index (χ2v) is 9.80. The number of nitrogens with one attached hydrogen (secondary N) is 2. The van der Waals surface area contributed by atoms with Crippen molar-refractivity contribution in [1.82, 2.24) is 24.5 Å². The van der Waals surface area contributed by atoms with Gasteiger partial charge in [0.05, 0.1) is 18.9 Å². The maximum absolute atomic E-state index is 12.2. The van der Waals surface area contributed by atoms with Crippen LogP contribution in [-0.4, -0.2) is 61.6 Å². The zero-order chi connectivity index (χ0) is 20.0. The van der Waals surface area contributed by atoms with Crippen LogP contribution in [0.1, 0.15) is 26.3 Å². The number of sulfonamides is 1. The van der Waals surface area contributed by atoms with Gasteiger partial charge in [-0.05, 0) is 30.7 Å². The van der Waals surface area contributed by atoms with Crippen LogP contribution in [0.4, 0.5) is 0 Å². The quantitative estimate of drug-likeness (QED) is 0.238. The van der Waals surface area contributed by atoms with E-state index >= 15 is 0 Å². The van der Waals surface area contributed by atoms with Gasteiger partial charge in [0.25, 0.3) is 0 Å². The Bertz CT molecular complexity index is 855. The molecule has 2 unspecified atom stereocenters. The second-order valence-electron chi connectivity index (χ2n) is 6.85. The van der Waals surface area contributed by atoms with E-state index in [4.69, 9.17) is 0 Å². The first-order chi connectivity index (χ1) is 13.5. The molecular weight excluding hydrogens is 523 g/mol. The van der Waals surface area contributed by atoms with Gasteiger partial charge in [-0.1, -0.05) is 13.0 Å². The lowest BCUT2D eigenvalue weighted by Crippen LogP contribution is -2.49. The van der Waals surface area contributed by atoms with E-state index in [9.17, 15) is 8.42 Å². The number of thiophene rings is 1. The molecule has 8 nitrogen and oxygen atoms in total. The normalized spacial score (nSPS) is 20.3. The Morgan fingerprint density at radius 1 is 1.45 bits per heavy atom. The predicted molar refractivity (Wildman–Crippen MR) is 128 cm³/mol. The SMILES string of the molecule is CCNC(=NCCNS(=O)(=O)c1cccs1)N1CCC(C)C(n2ccnc2)C1.I. The summed E-state index contributed by atoms with van der Waals surface area (Å²) in [6.07, 6.45) is 6.76. The maximum atomic E-state index is 12.2. The predicted octanol–water partition coefficient (Wildman–Crippen LogP) is 2.39. The summed E-state index contributed by atoms with van der Waals surface area (Å²) in [7, 11) is -3.44. The van der Waals surface area contributed by atoms with Crippen LogP contribution in [-0.2, 0) is 10.0 Å². The number of guanidine groups is 1. The van der Waals surface area contributed by atoms with Gasteiger partial charge in [-0.2, -0.15) is 0 Å². The molecule has 2 aromatic heterocycles. The Kier molecular flexibility index (Phi) is 9.37. The molecule has 1 aliphatic rings. The van der Waals surface area contributed by atoms with E-state index in [1.807, 2.05) is 25.6 Å². The highest BCUT2D eigenvalue weighted by atomic mass is 127. The number of hydrogen-bond acceptors (Lipinski definition) is 5. The topological polar surface area (TPSA) is 91.6 Å². The molecule has 0 aliphatic carbocycles. The first-order valence-electron chi connectivity index (χ1n) is 9.55. The molecule has 29 heavy (non-hydrogen) atoms. The molecule has 1 aliphatic heterocycles. The molecule has 0 saturated carbocycles. The van der Waals surface area contributed by atoms with E-state index in [0.29, 0.717) is 22.7 Å². The van der Waals surface area contributed by atoms with Crippen LogP contribution in [0.2, 0.25) is 0 Å². The van der Waals surface area contributed by atoms with E-state index in [0.717, 1.165) is 32.0 Å². The Morgan fingerprint density at radius 3 is 2.93 bits per heavy atom. The van der Waals surface area contributed by atoms with Crippen LogP contribution in [0, 0.1) is 5.92 Å². The number of hydrogen-bond donors (Lipinski definition) is 2. The van der Waals surface area contributed by atoms with Gasteiger partial charge in [0.2, 0.25) is 10.0 Å². The summed E-state index contributed by atoms with van der Waals surface area (Å²) in [6, 6.07) is 3.68. The van der Waals surface area contributed by atoms with E-state index in [-0.39, 0.29) is 30.5 Å². The second kappa shape index (κ2) is 11.3. The van der Waals surface area contributed by atoms with Crippen LogP contribution in [0.5, 0.6) is 0 Å². The summed E-state index contributed by atoms with van der Waals surface area (Å²) in [4.78, 5) is 11.1. The van der Waals surface area contributed by atoms with E-state index in [1.54, 1.807) is 17.5 Å². The van der Waals surface area contributed by atoms with Gasteiger partial charge in [-0.25, -0.2) is 18.1 Å². The fraction of sp³-hybridized carbons (Fsp3) is 0.556. The highest BCUT2D eigenvalue weighted by Gasteiger charge is 2.28. The molecular formula is C18H29IN6O2S2. The third-order valence-corrected chi connectivity index (χ3v) is 7.74. The van der Waals surface area contributed by atoms with Gasteiger partial charge in [0.15, 0.2) is 5.96 Å². The van der Waals surface area contributed by atoms with Crippen LogP contribution >= 0.6 is 35.3 Å². The summed E-state index contributed by atoms with van der Waals surface area (Å²) in [6.45, 7) is 7.50. The number of likely N-dealkylation sites (tertiary alicyclic amines) is 1. The van der Waals surface area contributed by atoms with Crippen LogP contribution in [0.15, 0.2) is 45.4 Å². The fourth-order valence-corrected chi connectivity index (χ4v) is 5.41. The molecule has 0 radical (unpaired) electrons. The van der Waals surface area contributed by atoms with Gasteiger partial charge in [0.1, 0.15) is 4.21 Å². The summed E-state index contributed by atoms with van der Waals surface area (Å²) >= 11 is 1.21. The largest absolute Gasteiger partial charge is 0.357 e. The third kappa shape index (κ3) is 6.40. The number of nitrogens with zero attached hydrogens (tertiary/aromatic N) is 4. The molecule has 0 aromatic carbocycles. The first-order valence-corrected chi connectivity index (χ1v) is 11.9. The van der Waals surface area contributed by atoms with Crippen molar-refractivity contribution >= 4 is 51.3 Å². The first kappa shape index (κ1) is 24.1. The molecule has 0 amide bonds. The Balaban J connectivity index is 0.00000300. The highest BCUT2D eigenvalue weighted by Crippen LogP contribution is 2.27. The average Bonchev–Trinajstić information content (AvgIpc) is 3.39. The zero-order valence-electron chi connectivity index (χ0n) is 16.7. The molecule has 162 valence electrons. The summed E-state index contributed by atoms with van der Waals surface area (Å²) in [5, 5.41) is 5.09. The van der Waals surface area contributed by atoms with Crippen molar-refractivity contribution in [3.8, 4) is 0 Å². The number of aromatic nitrogens is 2. The van der Waals surface area contributed by atoms with E-state index in [1.165, 1.54) is 11.3 Å². The molecule has 11 heteroatoms. The minimum Gasteiger partial charge on any atom is -0.357 e. The fourth-order valence-electron chi connectivity index (χ4n) is 3.35. The van der Waals surface area contributed by atoms with Crippen molar-refractivity contribution in [3.05, 3.63) is 36.2 Å². The van der Waals surface area contributed by atoms with Crippen molar-refractivity contribution in [1.29, 1.82) is 0 Å². The summed E-state index contributed by atoms with van der Waals surface area (Å²) < 4.78 is 29.5. The number of imidazole rings is 1. The molecule has 0 bridgehead atoms. The smallest absolute Gasteiger partial charge is 0.250 e. The van der Waals surface area contributed by atoms with Crippen molar-refractivity contribution in [2.45, 2.75) is 30.5 Å². The van der Waals surface area contributed by atoms with E-state index < -0.39 is 10.0 Å². The number of aliphatic imine (C=N–C) groups is 1. The summed E-state index contributed by atoms with van der Waals surface area (Å²) in [5.41, 5.74) is 0. The van der Waals surface area contributed by atoms with Gasteiger partial charge in [-0.3, -0.25) is 4.99 Å². The molecule has 0 spiro atoms. The molecule has 3 heterocycles. The van der Waals surface area contributed by atoms with Crippen molar-refractivity contribution in [2.75, 3.05) is 32.7 Å². The average molecular weight is 553 g/mol. The Labute approximate surface area is 193 Å². The van der Waals surface area contributed by atoms with Crippen LogP contribution < -0.4 is 10.0 Å². The van der Waals surface area contributed by atoms with Crippen molar-refractivity contribution < 1.29 is 8.42 Å². The number of halogens is 1. The van der Waals surface area contributed by atoms with Gasteiger partial charge in [0, 0.05) is 38.6 Å². The lowest BCUT2D eigenvalue weighted by Gasteiger charge is -2.39. The minimum atomic E-state index is -3.44. The minimum absolute atomic E-state index is 0. The molecule has 2 atom stereocenters. The van der Waals surface area contributed by atoms with E-state index in [2.05, 4.69) is 36.4 Å². The molecule has 1 fully saturated rings. The summed E-state index contributed by atoms with van der Waals surface area (Å²) in [5.74, 6) is 1.39. The van der Waals surface area contributed by atoms with Crippen molar-refractivity contribution in [2.24, 2.45) is 10.9 Å². The monoisotopic (exact) mass is 552 g/mol. The van der Waals surface area contributed by atoms with Gasteiger partial charge >= 0.3 is 0 Å². The van der Waals surface area contributed by atoms with Crippen LogP contribution in [0.3, 0.4) is 0 Å². The Morgan fingerprint density at radius 2 is 2.28 bits per heavy atom. The lowest BCUT2D eigenvalue weighted by molar-refractivity contribution is 0.189. The zero-order valence-corrected chi connectivity index (χ0v) is 20.7. The van der Waals surface area contributed by atoms with Crippen molar-refractivity contribution in [3.63, 3.8) is 0 Å². The lowest BCUT2D eigenvalue weighted by atomic mass is 9.93. The number of piperidine rings is 1. The molecule has 2 N–H and O–H groups in total.